The van der Waals surface area contributed by atoms with Gasteiger partial charge in [-0.15, -0.1) is 0 Å². The Morgan fingerprint density at radius 3 is 2.09 bits per heavy atom. The second kappa shape index (κ2) is 10.5. The Bertz CT molecular complexity index is 1040. The number of fused-ring (bicyclic) bond motifs is 1. The van der Waals surface area contributed by atoms with Gasteiger partial charge in [0.2, 0.25) is 5.91 Å². The predicted octanol–water partition coefficient (Wildman–Crippen LogP) is 3.13. The van der Waals surface area contributed by atoms with Gasteiger partial charge in [0.05, 0.1) is 6.54 Å². The maximum Gasteiger partial charge on any atom is 0.322 e. The number of carbonyl (C=O) groups excluding carboxylic acids is 4. The van der Waals surface area contributed by atoms with Crippen LogP contribution in [0.25, 0.3) is 0 Å². The fraction of sp³-hybridized carbons (Fsp3) is 0.231. The van der Waals surface area contributed by atoms with E-state index in [0.717, 1.165) is 5.56 Å². The van der Waals surface area contributed by atoms with Crippen molar-refractivity contribution in [2.24, 2.45) is 5.92 Å². The number of aldehydes is 1. The molecule has 0 N–H and O–H groups in total. The highest BCUT2D eigenvalue weighted by Gasteiger charge is 2.61. The number of rotatable bonds is 11. The van der Waals surface area contributed by atoms with Crippen molar-refractivity contribution in [2.75, 3.05) is 18.1 Å². The summed E-state index contributed by atoms with van der Waals surface area (Å²) in [6.07, 6.45) is 2.84. The van der Waals surface area contributed by atoms with Crippen molar-refractivity contribution in [1.29, 1.82) is 0 Å². The zero-order valence-corrected chi connectivity index (χ0v) is 18.1. The molecule has 0 aromatic heterocycles. The molecule has 1 heterocycles. The number of carbonyl (C=O) groups is 4. The summed E-state index contributed by atoms with van der Waals surface area (Å²) in [5.74, 6) is -4.15. The average Bonchev–Trinajstić information content (AvgIpc) is 3.06. The molecule has 2 aromatic carbocycles. The molecular formula is C26H25NO6. The third kappa shape index (κ3) is 4.48. The maximum atomic E-state index is 14.0. The second-order valence-corrected chi connectivity index (χ2v) is 7.51. The first kappa shape index (κ1) is 23.7. The van der Waals surface area contributed by atoms with Gasteiger partial charge < -0.3 is 19.2 Å². The van der Waals surface area contributed by atoms with Crippen LogP contribution in [-0.2, 0) is 40.6 Å². The lowest BCUT2D eigenvalue weighted by Crippen LogP contribution is -2.52. The first-order chi connectivity index (χ1) is 16.0. The van der Waals surface area contributed by atoms with Crippen molar-refractivity contribution < 1.29 is 28.7 Å². The Morgan fingerprint density at radius 1 is 0.939 bits per heavy atom. The molecule has 0 fully saturated rings. The number of para-hydroxylation sites is 1. The van der Waals surface area contributed by atoms with Gasteiger partial charge in [-0.25, -0.2) is 0 Å². The standard InChI is InChI=1S/C26H25NO6/c1-3-16-32-23(29)22(24(30)33-17-4-2)26(14-15-28)20-12-8-9-13-21(20)27(25(26)31)18-19-10-6-5-7-11-19/h3-13,15,22H,1-2,14,16-18H2/t26-/m1/s1. The third-order valence-corrected chi connectivity index (χ3v) is 5.54. The molecule has 1 aliphatic heterocycles. The Labute approximate surface area is 192 Å². The van der Waals surface area contributed by atoms with Crippen molar-refractivity contribution in [2.45, 2.75) is 18.4 Å². The van der Waals surface area contributed by atoms with Gasteiger partial charge in [0.25, 0.3) is 0 Å². The van der Waals surface area contributed by atoms with Gasteiger partial charge in [0.15, 0.2) is 5.92 Å². The van der Waals surface area contributed by atoms with Crippen molar-refractivity contribution in [3.05, 3.63) is 91.0 Å². The van der Waals surface area contributed by atoms with E-state index in [1.807, 2.05) is 30.3 Å². The minimum Gasteiger partial charge on any atom is -0.461 e. The van der Waals surface area contributed by atoms with Gasteiger partial charge in [0.1, 0.15) is 24.9 Å². The van der Waals surface area contributed by atoms with E-state index in [0.29, 0.717) is 17.5 Å². The molecule has 7 heteroatoms. The minimum absolute atomic E-state index is 0.162. The van der Waals surface area contributed by atoms with E-state index in [1.54, 1.807) is 24.3 Å². The third-order valence-electron chi connectivity index (χ3n) is 5.54. The summed E-state index contributed by atoms with van der Waals surface area (Å²) in [6, 6.07) is 16.1. The van der Waals surface area contributed by atoms with Crippen molar-refractivity contribution in [1.82, 2.24) is 0 Å². The normalized spacial score (nSPS) is 16.8. The number of hydrogen-bond donors (Lipinski definition) is 0. The highest BCUT2D eigenvalue weighted by molar-refractivity contribution is 6.15. The van der Waals surface area contributed by atoms with E-state index in [9.17, 15) is 19.2 Å². The van der Waals surface area contributed by atoms with E-state index >= 15 is 0 Å². The molecule has 7 nitrogen and oxygen atoms in total. The van der Waals surface area contributed by atoms with Gasteiger partial charge in [-0.05, 0) is 17.2 Å². The summed E-state index contributed by atoms with van der Waals surface area (Å²) in [6.45, 7) is 6.90. The largest absolute Gasteiger partial charge is 0.461 e. The van der Waals surface area contributed by atoms with Gasteiger partial charge in [-0.2, -0.15) is 0 Å². The van der Waals surface area contributed by atoms with Crippen molar-refractivity contribution in [3.8, 4) is 0 Å². The molecule has 1 atom stereocenters. The SMILES string of the molecule is C=CCOC(=O)C(C(=O)OCC=C)[C@]1(CC=O)C(=O)N(Cc2ccccc2)c2ccccc21. The van der Waals surface area contributed by atoms with Crippen LogP contribution >= 0.6 is 0 Å². The zero-order chi connectivity index (χ0) is 23.8. The van der Waals surface area contributed by atoms with Crippen LogP contribution < -0.4 is 4.90 Å². The molecule has 0 spiro atoms. The summed E-state index contributed by atoms with van der Waals surface area (Å²) in [5, 5.41) is 0. The lowest BCUT2D eigenvalue weighted by atomic mass is 9.68. The maximum absolute atomic E-state index is 14.0. The summed E-state index contributed by atoms with van der Waals surface area (Å²) >= 11 is 0. The number of hydrogen-bond acceptors (Lipinski definition) is 6. The molecule has 0 bridgehead atoms. The van der Waals surface area contributed by atoms with Crippen molar-refractivity contribution in [3.63, 3.8) is 0 Å². The van der Waals surface area contributed by atoms with Crippen LogP contribution in [-0.4, -0.2) is 37.3 Å². The first-order valence-electron chi connectivity index (χ1n) is 10.4. The summed E-state index contributed by atoms with van der Waals surface area (Å²) < 4.78 is 10.4. The summed E-state index contributed by atoms with van der Waals surface area (Å²) in [7, 11) is 0. The molecule has 0 unspecified atom stereocenters. The molecule has 1 aliphatic rings. The molecule has 1 amide bonds. The molecular weight excluding hydrogens is 422 g/mol. The highest BCUT2D eigenvalue weighted by atomic mass is 16.6. The van der Waals surface area contributed by atoms with Crippen LogP contribution in [0.2, 0.25) is 0 Å². The molecule has 0 radical (unpaired) electrons. The molecule has 0 saturated carbocycles. The first-order valence-corrected chi connectivity index (χ1v) is 10.4. The van der Waals surface area contributed by atoms with E-state index in [-0.39, 0.29) is 19.8 Å². The fourth-order valence-corrected chi connectivity index (χ4v) is 4.15. The predicted molar refractivity (Wildman–Crippen MR) is 122 cm³/mol. The van der Waals surface area contributed by atoms with E-state index in [2.05, 4.69) is 13.2 Å². The second-order valence-electron chi connectivity index (χ2n) is 7.51. The quantitative estimate of drug-likeness (QED) is 0.228. The Hall–Kier alpha value is -4.00. The molecule has 170 valence electrons. The lowest BCUT2D eigenvalue weighted by Gasteiger charge is -2.32. The average molecular weight is 447 g/mol. The number of anilines is 1. The topological polar surface area (TPSA) is 90.0 Å². The number of nitrogens with zero attached hydrogens (tertiary/aromatic N) is 1. The lowest BCUT2D eigenvalue weighted by molar-refractivity contribution is -0.167. The van der Waals surface area contributed by atoms with Gasteiger partial charge in [-0.3, -0.25) is 14.4 Å². The number of amides is 1. The van der Waals surface area contributed by atoms with Crippen LogP contribution in [0.5, 0.6) is 0 Å². The van der Waals surface area contributed by atoms with Crippen LogP contribution in [0, 0.1) is 5.92 Å². The van der Waals surface area contributed by atoms with Crippen LogP contribution in [0.1, 0.15) is 17.5 Å². The Balaban J connectivity index is 2.17. The Kier molecular flexibility index (Phi) is 7.56. The molecule has 33 heavy (non-hydrogen) atoms. The summed E-state index contributed by atoms with van der Waals surface area (Å²) in [4.78, 5) is 53.6. The smallest absolute Gasteiger partial charge is 0.322 e. The van der Waals surface area contributed by atoms with Crippen LogP contribution in [0.4, 0.5) is 5.69 Å². The van der Waals surface area contributed by atoms with Gasteiger partial charge in [0, 0.05) is 12.1 Å². The highest BCUT2D eigenvalue weighted by Crippen LogP contribution is 2.49. The van der Waals surface area contributed by atoms with Crippen LogP contribution in [0.15, 0.2) is 79.9 Å². The van der Waals surface area contributed by atoms with E-state index in [1.165, 1.54) is 17.1 Å². The van der Waals surface area contributed by atoms with E-state index in [4.69, 9.17) is 9.47 Å². The summed E-state index contributed by atoms with van der Waals surface area (Å²) in [5.41, 5.74) is -0.0353. The minimum atomic E-state index is -1.80. The van der Waals surface area contributed by atoms with Gasteiger partial charge >= 0.3 is 11.9 Å². The molecule has 0 saturated heterocycles. The number of ether oxygens (including phenoxy) is 2. The number of esters is 2. The van der Waals surface area contributed by atoms with Crippen LogP contribution in [0.3, 0.4) is 0 Å². The number of benzene rings is 2. The molecule has 2 aromatic rings. The monoisotopic (exact) mass is 447 g/mol. The van der Waals surface area contributed by atoms with E-state index < -0.39 is 35.6 Å². The fourth-order valence-electron chi connectivity index (χ4n) is 4.15. The molecule has 3 rings (SSSR count). The van der Waals surface area contributed by atoms with Crippen molar-refractivity contribution >= 4 is 29.8 Å². The Morgan fingerprint density at radius 2 is 1.52 bits per heavy atom. The molecule has 0 aliphatic carbocycles. The zero-order valence-electron chi connectivity index (χ0n) is 18.1. The van der Waals surface area contributed by atoms with Gasteiger partial charge in [-0.1, -0.05) is 73.8 Å².